The average Bonchev–Trinajstić information content (AvgIpc) is 3.24. The fraction of sp³-hybridized carbons (Fsp3) is 0.278. The number of hydrogen-bond donors (Lipinski definition) is 2. The Morgan fingerprint density at radius 1 is 1.35 bits per heavy atom. The summed E-state index contributed by atoms with van der Waals surface area (Å²) >= 11 is 6.59. The maximum absolute atomic E-state index is 12.7. The van der Waals surface area contributed by atoms with Crippen molar-refractivity contribution in [2.24, 2.45) is 0 Å². The van der Waals surface area contributed by atoms with Crippen LogP contribution in [0.1, 0.15) is 29.3 Å². The second kappa shape index (κ2) is 8.29. The molecule has 0 spiro atoms. The van der Waals surface area contributed by atoms with Gasteiger partial charge in [0.15, 0.2) is 10.6 Å². The number of nitrogens with zero attached hydrogens (tertiary/aromatic N) is 2. The van der Waals surface area contributed by atoms with Gasteiger partial charge in [0.25, 0.3) is 5.91 Å². The maximum atomic E-state index is 12.7. The first-order valence-electron chi connectivity index (χ1n) is 8.38. The van der Waals surface area contributed by atoms with Gasteiger partial charge in [-0.1, -0.05) is 30.3 Å². The lowest BCUT2D eigenvalue weighted by molar-refractivity contribution is 0.0950. The molecule has 0 fully saturated rings. The zero-order valence-electron chi connectivity index (χ0n) is 14.6. The molecule has 0 bridgehead atoms. The van der Waals surface area contributed by atoms with Crippen LogP contribution in [0.3, 0.4) is 0 Å². The Bertz CT molecular complexity index is 944. The van der Waals surface area contributed by atoms with E-state index in [9.17, 15) is 4.79 Å². The second-order valence-electron chi connectivity index (χ2n) is 5.47. The largest absolute Gasteiger partial charge is 0.492 e. The van der Waals surface area contributed by atoms with E-state index >= 15 is 0 Å². The third-order valence-corrected chi connectivity index (χ3v) is 5.30. The van der Waals surface area contributed by atoms with Crippen molar-refractivity contribution in [2.75, 3.05) is 6.61 Å². The number of thiophene rings is 1. The lowest BCUT2D eigenvalue weighted by atomic mass is 10.2. The Morgan fingerprint density at radius 3 is 2.81 bits per heavy atom. The number of ether oxygens (including phenoxy) is 1. The molecule has 3 aromatic rings. The Hall–Kier alpha value is -2.45. The van der Waals surface area contributed by atoms with E-state index in [1.807, 2.05) is 54.8 Å². The number of carbonyl (C=O) groups excluding carboxylic acids is 1. The van der Waals surface area contributed by atoms with Gasteiger partial charge in [-0.3, -0.25) is 9.89 Å². The monoisotopic (exact) mass is 388 g/mol. The van der Waals surface area contributed by atoms with Crippen LogP contribution in [0.4, 0.5) is 0 Å². The van der Waals surface area contributed by atoms with Crippen LogP contribution in [0.25, 0.3) is 10.4 Å². The highest BCUT2D eigenvalue weighted by Crippen LogP contribution is 2.36. The van der Waals surface area contributed by atoms with Gasteiger partial charge in [0.05, 0.1) is 13.2 Å². The van der Waals surface area contributed by atoms with Crippen molar-refractivity contribution >= 4 is 29.5 Å². The summed E-state index contributed by atoms with van der Waals surface area (Å²) in [5.41, 5.74) is 1.06. The average molecular weight is 389 g/mol. The number of nitrogens with one attached hydrogen (secondary N) is 2. The molecular weight excluding hydrogens is 368 g/mol. The van der Waals surface area contributed by atoms with Crippen LogP contribution in [-0.2, 0) is 13.1 Å². The smallest absolute Gasteiger partial charge is 0.265 e. The molecule has 0 aliphatic carbocycles. The molecule has 2 N–H and O–H groups in total. The van der Waals surface area contributed by atoms with Crippen LogP contribution < -0.4 is 10.1 Å². The summed E-state index contributed by atoms with van der Waals surface area (Å²) in [5.74, 6) is 1.11. The minimum absolute atomic E-state index is 0.183. The summed E-state index contributed by atoms with van der Waals surface area (Å²) < 4.78 is 8.07. The topological polar surface area (TPSA) is 71.9 Å². The fourth-order valence-electron chi connectivity index (χ4n) is 2.59. The quantitative estimate of drug-likeness (QED) is 0.600. The molecule has 3 rings (SSSR count). The molecule has 0 unspecified atom stereocenters. The van der Waals surface area contributed by atoms with E-state index in [0.717, 1.165) is 10.4 Å². The Labute approximate surface area is 160 Å². The highest BCUT2D eigenvalue weighted by Gasteiger charge is 2.19. The number of amides is 1. The van der Waals surface area contributed by atoms with Gasteiger partial charge in [0.1, 0.15) is 10.6 Å². The summed E-state index contributed by atoms with van der Waals surface area (Å²) in [4.78, 5) is 14.3. The van der Waals surface area contributed by atoms with Gasteiger partial charge >= 0.3 is 0 Å². The van der Waals surface area contributed by atoms with E-state index in [4.69, 9.17) is 17.0 Å². The molecule has 0 radical (unpaired) electrons. The number of H-pyrrole nitrogens is 1. The molecule has 136 valence electrons. The molecule has 0 aliphatic heterocycles. The van der Waals surface area contributed by atoms with Gasteiger partial charge in [-0.05, 0) is 37.7 Å². The van der Waals surface area contributed by atoms with Crippen LogP contribution in [0.5, 0.6) is 5.75 Å². The van der Waals surface area contributed by atoms with Crippen LogP contribution in [0.2, 0.25) is 0 Å². The van der Waals surface area contributed by atoms with Crippen molar-refractivity contribution in [3.05, 3.63) is 51.9 Å². The van der Waals surface area contributed by atoms with Crippen molar-refractivity contribution in [3.8, 4) is 16.2 Å². The highest BCUT2D eigenvalue weighted by molar-refractivity contribution is 7.71. The van der Waals surface area contributed by atoms with Crippen LogP contribution >= 0.6 is 23.6 Å². The molecule has 6 nitrogen and oxygen atoms in total. The Kier molecular flexibility index (Phi) is 5.85. The van der Waals surface area contributed by atoms with Gasteiger partial charge < -0.3 is 14.6 Å². The van der Waals surface area contributed by atoms with E-state index < -0.39 is 0 Å². The van der Waals surface area contributed by atoms with Gasteiger partial charge in [0.2, 0.25) is 0 Å². The van der Waals surface area contributed by atoms with Gasteiger partial charge in [-0.25, -0.2) is 0 Å². The molecule has 2 aromatic heterocycles. The minimum atomic E-state index is -0.183. The normalized spacial score (nSPS) is 10.7. The summed E-state index contributed by atoms with van der Waals surface area (Å²) in [7, 11) is 0. The first kappa shape index (κ1) is 18.3. The predicted octanol–water partition coefficient (Wildman–Crippen LogP) is 4.02. The summed E-state index contributed by atoms with van der Waals surface area (Å²) in [6.07, 6.45) is 0. The number of carbonyl (C=O) groups is 1. The van der Waals surface area contributed by atoms with Crippen molar-refractivity contribution in [3.63, 3.8) is 0 Å². The van der Waals surface area contributed by atoms with Crippen molar-refractivity contribution in [1.29, 1.82) is 0 Å². The van der Waals surface area contributed by atoms with E-state index in [0.29, 0.717) is 40.9 Å². The summed E-state index contributed by atoms with van der Waals surface area (Å²) in [5, 5.41) is 9.83. The lowest BCUT2D eigenvalue weighted by Crippen LogP contribution is -2.24. The molecule has 0 saturated heterocycles. The second-order valence-corrected chi connectivity index (χ2v) is 6.91. The maximum Gasteiger partial charge on any atom is 0.265 e. The number of aromatic amines is 1. The van der Waals surface area contributed by atoms with Crippen LogP contribution in [0, 0.1) is 4.77 Å². The molecule has 26 heavy (non-hydrogen) atoms. The number of hydrogen-bond acceptors (Lipinski definition) is 5. The zero-order valence-corrected chi connectivity index (χ0v) is 16.2. The predicted molar refractivity (Wildman–Crippen MR) is 105 cm³/mol. The first-order valence-corrected chi connectivity index (χ1v) is 9.60. The first-order chi connectivity index (χ1) is 12.6. The van der Waals surface area contributed by atoms with Gasteiger partial charge in [0, 0.05) is 11.4 Å². The zero-order chi connectivity index (χ0) is 18.5. The lowest BCUT2D eigenvalue weighted by Gasteiger charge is -2.07. The summed E-state index contributed by atoms with van der Waals surface area (Å²) in [6.45, 7) is 5.38. The minimum Gasteiger partial charge on any atom is -0.492 e. The number of rotatable bonds is 7. The third-order valence-electron chi connectivity index (χ3n) is 3.82. The number of aromatic nitrogens is 3. The molecule has 1 aromatic carbocycles. The van der Waals surface area contributed by atoms with Crippen molar-refractivity contribution < 1.29 is 9.53 Å². The SMILES string of the molecule is CCOc1cc(-c2ccccc2)sc1C(=O)NCc1n[nH]c(=S)n1CC. The van der Waals surface area contributed by atoms with Crippen molar-refractivity contribution in [1.82, 2.24) is 20.1 Å². The van der Waals surface area contributed by atoms with Crippen LogP contribution in [0.15, 0.2) is 36.4 Å². The Balaban J connectivity index is 1.81. The van der Waals surface area contributed by atoms with E-state index in [1.54, 1.807) is 0 Å². The van der Waals surface area contributed by atoms with Gasteiger partial charge in [-0.2, -0.15) is 5.10 Å². The molecule has 0 aliphatic rings. The van der Waals surface area contributed by atoms with Crippen LogP contribution in [-0.4, -0.2) is 27.3 Å². The van der Waals surface area contributed by atoms with E-state index in [-0.39, 0.29) is 5.91 Å². The number of benzene rings is 1. The molecule has 0 saturated carbocycles. The van der Waals surface area contributed by atoms with E-state index in [2.05, 4.69) is 15.5 Å². The highest BCUT2D eigenvalue weighted by atomic mass is 32.1. The van der Waals surface area contributed by atoms with Crippen molar-refractivity contribution in [2.45, 2.75) is 26.9 Å². The molecule has 1 amide bonds. The molecule has 2 heterocycles. The standard InChI is InChI=1S/C18H20N4O2S2/c1-3-22-15(20-21-18(22)25)11-19-17(23)16-13(24-4-2)10-14(26-16)12-8-6-5-7-9-12/h5-10H,3-4,11H2,1-2H3,(H,19,23)(H,21,25). The van der Waals surface area contributed by atoms with Gasteiger partial charge in [-0.15, -0.1) is 11.3 Å². The van der Waals surface area contributed by atoms with E-state index in [1.165, 1.54) is 11.3 Å². The Morgan fingerprint density at radius 2 is 2.12 bits per heavy atom. The molecular formula is C18H20N4O2S2. The third kappa shape index (κ3) is 3.86. The summed E-state index contributed by atoms with van der Waals surface area (Å²) in [6, 6.07) is 11.9. The molecule has 8 heteroatoms. The fourth-order valence-corrected chi connectivity index (χ4v) is 3.89. The molecule has 0 atom stereocenters.